The number of benzene rings is 1. The lowest BCUT2D eigenvalue weighted by Gasteiger charge is -2.16. The molecule has 0 aliphatic carbocycles. The number of hydrogen-bond donors (Lipinski definition) is 0. The van der Waals surface area contributed by atoms with E-state index in [0.717, 1.165) is 23.2 Å². The number of methoxy groups -OCH3 is 1. The summed E-state index contributed by atoms with van der Waals surface area (Å²) in [4.78, 5) is 4.66. The predicted molar refractivity (Wildman–Crippen MR) is 104 cm³/mol. The van der Waals surface area contributed by atoms with Gasteiger partial charge in [-0.2, -0.15) is 14.4 Å². The maximum atomic E-state index is 13.1. The predicted octanol–water partition coefficient (Wildman–Crippen LogP) is 1.93. The maximum Gasteiger partial charge on any atom is 0.278 e. The highest BCUT2D eigenvalue weighted by Crippen LogP contribution is 2.34. The van der Waals surface area contributed by atoms with Crippen LogP contribution in [0.25, 0.3) is 11.6 Å². The van der Waals surface area contributed by atoms with Crippen LogP contribution in [-0.4, -0.2) is 46.4 Å². The summed E-state index contributed by atoms with van der Waals surface area (Å²) in [5, 5.41) is 8.42. The Kier molecular flexibility index (Phi) is 5.24. The van der Waals surface area contributed by atoms with Crippen LogP contribution in [0.1, 0.15) is 29.6 Å². The Balaban J connectivity index is 1.61. The van der Waals surface area contributed by atoms with Crippen molar-refractivity contribution in [2.75, 3.05) is 13.7 Å². The van der Waals surface area contributed by atoms with E-state index in [9.17, 15) is 8.42 Å². The van der Waals surface area contributed by atoms with Gasteiger partial charge < -0.3 is 9.26 Å². The molecule has 0 unspecified atom stereocenters. The Bertz CT molecular complexity index is 1120. The molecule has 0 saturated carbocycles. The summed E-state index contributed by atoms with van der Waals surface area (Å²) in [6.45, 7) is 2.99. The number of rotatable bonds is 7. The second kappa shape index (κ2) is 7.69. The first-order valence-corrected chi connectivity index (χ1v) is 10.8. The number of ether oxygens (including phenoxy) is 1. The van der Waals surface area contributed by atoms with E-state index >= 15 is 0 Å². The molecule has 1 aliphatic rings. The first kappa shape index (κ1) is 19.7. The van der Waals surface area contributed by atoms with Crippen LogP contribution in [0.15, 0.2) is 33.7 Å². The van der Waals surface area contributed by atoms with E-state index in [-0.39, 0.29) is 18.0 Å². The van der Waals surface area contributed by atoms with Gasteiger partial charge >= 0.3 is 0 Å². The molecule has 0 fully saturated rings. The lowest BCUT2D eigenvalue weighted by atomic mass is 10.2. The fourth-order valence-corrected chi connectivity index (χ4v) is 4.77. The van der Waals surface area contributed by atoms with Gasteiger partial charge in [-0.25, -0.2) is 8.42 Å². The van der Waals surface area contributed by atoms with Crippen LogP contribution in [0, 0.1) is 0 Å². The summed E-state index contributed by atoms with van der Waals surface area (Å²) in [7, 11) is -0.218. The van der Waals surface area contributed by atoms with Crippen LogP contribution in [0.3, 0.4) is 0 Å². The summed E-state index contributed by atoms with van der Waals surface area (Å²) in [6, 6.07) is 7.03. The van der Waals surface area contributed by atoms with Crippen molar-refractivity contribution in [2.24, 2.45) is 7.05 Å². The van der Waals surface area contributed by atoms with Crippen molar-refractivity contribution in [3.05, 3.63) is 46.9 Å². The largest absolute Gasteiger partial charge is 0.384 e. The molecule has 0 saturated heterocycles. The molecule has 1 aliphatic heterocycles. The third kappa shape index (κ3) is 3.59. The van der Waals surface area contributed by atoms with Gasteiger partial charge in [0.15, 0.2) is 11.5 Å². The molecule has 3 aromatic rings. The Hall–Kier alpha value is -2.56. The van der Waals surface area contributed by atoms with Crippen molar-refractivity contribution in [3.63, 3.8) is 0 Å². The lowest BCUT2D eigenvalue weighted by Crippen LogP contribution is -2.26. The third-order valence-electron chi connectivity index (χ3n) is 5.11. The highest BCUT2D eigenvalue weighted by atomic mass is 32.2. The van der Waals surface area contributed by atoms with Crippen LogP contribution in [0.4, 0.5) is 0 Å². The van der Waals surface area contributed by atoms with E-state index in [1.807, 2.05) is 19.1 Å². The number of nitrogens with zero attached hydrogens (tertiary/aromatic N) is 5. The zero-order valence-electron chi connectivity index (χ0n) is 16.6. The number of sulfonamides is 1. The molecular weight excluding hydrogens is 394 g/mol. The van der Waals surface area contributed by atoms with Gasteiger partial charge in [-0.3, -0.25) is 4.68 Å². The molecule has 0 N–H and O–H groups in total. The molecule has 3 heterocycles. The van der Waals surface area contributed by atoms with Crippen molar-refractivity contribution in [3.8, 4) is 11.6 Å². The molecule has 1 aromatic carbocycles. The van der Waals surface area contributed by atoms with Crippen molar-refractivity contribution in [1.29, 1.82) is 0 Å². The zero-order chi connectivity index (χ0) is 20.6. The second-order valence-corrected chi connectivity index (χ2v) is 8.86. The Morgan fingerprint density at radius 1 is 1.21 bits per heavy atom. The van der Waals surface area contributed by atoms with Crippen LogP contribution < -0.4 is 0 Å². The van der Waals surface area contributed by atoms with Crippen LogP contribution in [0.2, 0.25) is 0 Å². The molecule has 29 heavy (non-hydrogen) atoms. The van der Waals surface area contributed by atoms with Gasteiger partial charge in [0.2, 0.25) is 10.0 Å². The van der Waals surface area contributed by atoms with Crippen LogP contribution in [0.5, 0.6) is 0 Å². The average molecular weight is 417 g/mol. The monoisotopic (exact) mass is 417 g/mol. The molecule has 2 aromatic heterocycles. The molecular formula is C19H23N5O4S. The summed E-state index contributed by atoms with van der Waals surface area (Å²) in [5.74, 6) is 0.819. The van der Waals surface area contributed by atoms with Gasteiger partial charge in [0.1, 0.15) is 0 Å². The fourth-order valence-electron chi connectivity index (χ4n) is 3.40. The van der Waals surface area contributed by atoms with E-state index in [1.54, 1.807) is 31.0 Å². The van der Waals surface area contributed by atoms with Gasteiger partial charge in [-0.05, 0) is 24.1 Å². The molecule has 0 radical (unpaired) electrons. The van der Waals surface area contributed by atoms with Gasteiger partial charge in [-0.1, -0.05) is 24.2 Å². The standard InChI is InChI=1S/C19H23N5O4S/c1-4-13-5-7-14(8-6-13)29(25,26)24-11-15-16(12-24)23(2)21-18(15)19-20-17(22-28-19)9-10-27-3/h5-8H,4,9-12H2,1-3H3. The van der Waals surface area contributed by atoms with E-state index in [2.05, 4.69) is 15.2 Å². The van der Waals surface area contributed by atoms with Gasteiger partial charge in [0, 0.05) is 32.7 Å². The number of aryl methyl sites for hydroxylation is 2. The van der Waals surface area contributed by atoms with Gasteiger partial charge in [0.05, 0.1) is 23.7 Å². The summed E-state index contributed by atoms with van der Waals surface area (Å²) in [6.07, 6.45) is 1.39. The Labute approximate surface area is 169 Å². The van der Waals surface area contributed by atoms with Crippen LogP contribution >= 0.6 is 0 Å². The normalized spacial score (nSPS) is 14.4. The highest BCUT2D eigenvalue weighted by Gasteiger charge is 2.36. The maximum absolute atomic E-state index is 13.1. The van der Waals surface area contributed by atoms with E-state index in [1.165, 1.54) is 4.31 Å². The number of fused-ring (bicyclic) bond motifs is 1. The fraction of sp³-hybridized carbons (Fsp3) is 0.421. The number of aromatic nitrogens is 4. The summed E-state index contributed by atoms with van der Waals surface area (Å²) in [5.41, 5.74) is 3.24. The van der Waals surface area contributed by atoms with Crippen molar-refractivity contribution >= 4 is 10.0 Å². The quantitative estimate of drug-likeness (QED) is 0.578. The Morgan fingerprint density at radius 3 is 2.66 bits per heavy atom. The minimum Gasteiger partial charge on any atom is -0.384 e. The molecule has 0 spiro atoms. The van der Waals surface area contributed by atoms with E-state index in [4.69, 9.17) is 9.26 Å². The Morgan fingerprint density at radius 2 is 1.97 bits per heavy atom. The molecule has 10 heteroatoms. The lowest BCUT2D eigenvalue weighted by molar-refractivity contribution is 0.199. The summed E-state index contributed by atoms with van der Waals surface area (Å²) < 4.78 is 39.7. The summed E-state index contributed by atoms with van der Waals surface area (Å²) >= 11 is 0. The number of hydrogen-bond acceptors (Lipinski definition) is 7. The van der Waals surface area contributed by atoms with Crippen molar-refractivity contribution in [1.82, 2.24) is 24.2 Å². The van der Waals surface area contributed by atoms with Gasteiger partial charge in [0.25, 0.3) is 5.89 Å². The molecule has 0 bridgehead atoms. The van der Waals surface area contributed by atoms with E-state index < -0.39 is 10.0 Å². The topological polar surface area (TPSA) is 103 Å². The molecule has 0 amide bonds. The zero-order valence-corrected chi connectivity index (χ0v) is 17.4. The molecule has 9 nitrogen and oxygen atoms in total. The SMILES string of the molecule is CCc1ccc(S(=O)(=O)N2Cc3c(-c4nc(CCOC)no4)nn(C)c3C2)cc1. The van der Waals surface area contributed by atoms with Gasteiger partial charge in [-0.15, -0.1) is 0 Å². The molecule has 0 atom stereocenters. The second-order valence-electron chi connectivity index (χ2n) is 6.93. The van der Waals surface area contributed by atoms with Crippen LogP contribution in [-0.2, 0) is 47.7 Å². The van der Waals surface area contributed by atoms with E-state index in [0.29, 0.717) is 30.4 Å². The minimum atomic E-state index is -3.61. The van der Waals surface area contributed by atoms with Crippen molar-refractivity contribution in [2.45, 2.75) is 37.8 Å². The smallest absolute Gasteiger partial charge is 0.278 e. The average Bonchev–Trinajstić information content (AvgIpc) is 3.43. The first-order valence-electron chi connectivity index (χ1n) is 9.39. The first-order chi connectivity index (χ1) is 13.9. The van der Waals surface area contributed by atoms with Crippen molar-refractivity contribution < 1.29 is 17.7 Å². The highest BCUT2D eigenvalue weighted by molar-refractivity contribution is 7.89. The minimum absolute atomic E-state index is 0.214. The third-order valence-corrected chi connectivity index (χ3v) is 6.91. The molecule has 154 valence electrons. The molecule has 4 rings (SSSR count).